The lowest BCUT2D eigenvalue weighted by molar-refractivity contribution is -0.153. The SMILES string of the molecule is Cc1ccc(-c2cccc(C[C@]3(C(N)=O)CN(C(=O)c4ccc(=O)[nH]n4)CCO3)c2)cc1. The number of morpholine rings is 1. The quantitative estimate of drug-likeness (QED) is 0.636. The van der Waals surface area contributed by atoms with E-state index in [2.05, 4.69) is 10.2 Å². The van der Waals surface area contributed by atoms with Gasteiger partial charge in [-0.25, -0.2) is 5.10 Å². The van der Waals surface area contributed by atoms with Gasteiger partial charge in [-0.3, -0.25) is 14.4 Å². The number of aromatic nitrogens is 2. The van der Waals surface area contributed by atoms with Gasteiger partial charge in [0.1, 0.15) is 5.69 Å². The maximum atomic E-state index is 12.9. The van der Waals surface area contributed by atoms with E-state index in [1.807, 2.05) is 55.5 Å². The molecule has 1 aliphatic rings. The molecule has 1 aliphatic heterocycles. The number of aromatic amines is 1. The third-order valence-corrected chi connectivity index (χ3v) is 5.62. The fraction of sp³-hybridized carbons (Fsp3) is 0.250. The van der Waals surface area contributed by atoms with Gasteiger partial charge in [-0.05, 0) is 29.7 Å². The zero-order valence-corrected chi connectivity index (χ0v) is 17.7. The van der Waals surface area contributed by atoms with Gasteiger partial charge < -0.3 is 15.4 Å². The Morgan fingerprint density at radius 1 is 1.12 bits per heavy atom. The van der Waals surface area contributed by atoms with Crippen molar-refractivity contribution in [1.29, 1.82) is 0 Å². The lowest BCUT2D eigenvalue weighted by atomic mass is 9.90. The van der Waals surface area contributed by atoms with Crippen LogP contribution in [-0.2, 0) is 16.0 Å². The van der Waals surface area contributed by atoms with Gasteiger partial charge >= 0.3 is 0 Å². The molecule has 0 bridgehead atoms. The van der Waals surface area contributed by atoms with Crippen LogP contribution in [0.4, 0.5) is 0 Å². The molecule has 4 rings (SSSR count). The summed E-state index contributed by atoms with van der Waals surface area (Å²) in [4.78, 5) is 38.1. The van der Waals surface area contributed by atoms with E-state index in [4.69, 9.17) is 10.5 Å². The first-order valence-electron chi connectivity index (χ1n) is 10.3. The fourth-order valence-electron chi connectivity index (χ4n) is 3.86. The Morgan fingerprint density at radius 3 is 2.59 bits per heavy atom. The molecule has 0 spiro atoms. The topological polar surface area (TPSA) is 118 Å². The summed E-state index contributed by atoms with van der Waals surface area (Å²) < 4.78 is 5.88. The lowest BCUT2D eigenvalue weighted by Crippen LogP contribution is -2.61. The number of primary amides is 1. The van der Waals surface area contributed by atoms with Crippen LogP contribution < -0.4 is 11.3 Å². The number of benzene rings is 2. The Balaban J connectivity index is 1.59. The molecule has 32 heavy (non-hydrogen) atoms. The molecule has 0 aliphatic carbocycles. The van der Waals surface area contributed by atoms with Gasteiger partial charge in [0, 0.05) is 19.0 Å². The largest absolute Gasteiger partial charge is 0.367 e. The minimum atomic E-state index is -1.36. The Bertz CT molecular complexity index is 1180. The maximum absolute atomic E-state index is 12.9. The monoisotopic (exact) mass is 432 g/mol. The zero-order chi connectivity index (χ0) is 22.7. The number of carbonyl (C=O) groups is 2. The lowest BCUT2D eigenvalue weighted by Gasteiger charge is -2.40. The summed E-state index contributed by atoms with van der Waals surface area (Å²) in [5.41, 5.74) is 8.23. The summed E-state index contributed by atoms with van der Waals surface area (Å²) in [6.45, 7) is 2.48. The van der Waals surface area contributed by atoms with Gasteiger partial charge in [0.15, 0.2) is 5.60 Å². The second-order valence-electron chi connectivity index (χ2n) is 7.98. The van der Waals surface area contributed by atoms with Gasteiger partial charge in [0.05, 0.1) is 13.2 Å². The normalized spacial score (nSPS) is 18.3. The smallest absolute Gasteiger partial charge is 0.274 e. The van der Waals surface area contributed by atoms with Crippen LogP contribution in [0, 0.1) is 6.92 Å². The van der Waals surface area contributed by atoms with Crippen LogP contribution in [0.15, 0.2) is 65.5 Å². The molecule has 1 fully saturated rings. The molecular weight excluding hydrogens is 408 g/mol. The van der Waals surface area contributed by atoms with Gasteiger partial charge in [0.25, 0.3) is 17.4 Å². The predicted octanol–water partition coefficient (Wildman–Crippen LogP) is 1.68. The number of nitrogens with zero attached hydrogens (tertiary/aromatic N) is 2. The van der Waals surface area contributed by atoms with Crippen molar-refractivity contribution >= 4 is 11.8 Å². The summed E-state index contributed by atoms with van der Waals surface area (Å²) in [5, 5.41) is 6.05. The number of amides is 2. The van der Waals surface area contributed by atoms with E-state index in [9.17, 15) is 14.4 Å². The number of nitrogens with two attached hydrogens (primary N) is 1. The van der Waals surface area contributed by atoms with Crippen LogP contribution in [0.3, 0.4) is 0 Å². The van der Waals surface area contributed by atoms with Gasteiger partial charge in [-0.2, -0.15) is 5.10 Å². The van der Waals surface area contributed by atoms with Crippen LogP contribution in [0.5, 0.6) is 0 Å². The standard InChI is InChI=1S/C24H24N4O4/c1-16-5-7-18(8-6-16)19-4-2-3-17(13-19)14-24(23(25)31)15-28(11-12-32-24)22(30)20-9-10-21(29)27-26-20/h2-10,13H,11-12,14-15H2,1H3,(H2,25,31)(H,27,29)/t24-/m1/s1. The van der Waals surface area contributed by atoms with Gasteiger partial charge in [-0.15, -0.1) is 0 Å². The summed E-state index contributed by atoms with van der Waals surface area (Å²) in [6.07, 6.45) is 0.227. The summed E-state index contributed by atoms with van der Waals surface area (Å²) in [5.74, 6) is -1.03. The molecule has 164 valence electrons. The van der Waals surface area contributed by atoms with Crippen molar-refractivity contribution in [2.75, 3.05) is 19.7 Å². The van der Waals surface area contributed by atoms with Crippen LogP contribution in [-0.4, -0.2) is 52.2 Å². The van der Waals surface area contributed by atoms with Crippen molar-refractivity contribution in [3.05, 3.63) is 87.8 Å². The molecule has 8 nitrogen and oxygen atoms in total. The number of carbonyl (C=O) groups excluding carboxylic acids is 2. The van der Waals surface area contributed by atoms with E-state index in [-0.39, 0.29) is 31.8 Å². The molecule has 2 amide bonds. The number of H-pyrrole nitrogens is 1. The minimum Gasteiger partial charge on any atom is -0.367 e. The van der Waals surface area contributed by atoms with Crippen molar-refractivity contribution in [2.24, 2.45) is 5.73 Å². The van der Waals surface area contributed by atoms with Gasteiger partial charge in [-0.1, -0.05) is 54.1 Å². The Morgan fingerprint density at radius 2 is 1.91 bits per heavy atom. The van der Waals surface area contributed by atoms with E-state index in [1.54, 1.807) is 0 Å². The molecule has 3 aromatic rings. The molecule has 0 saturated carbocycles. The van der Waals surface area contributed by atoms with Crippen LogP contribution in [0.2, 0.25) is 0 Å². The van der Waals surface area contributed by atoms with Crippen LogP contribution >= 0.6 is 0 Å². The molecule has 1 saturated heterocycles. The van der Waals surface area contributed by atoms with Crippen molar-refractivity contribution in [1.82, 2.24) is 15.1 Å². The van der Waals surface area contributed by atoms with E-state index in [1.165, 1.54) is 22.6 Å². The number of aryl methyl sites for hydroxylation is 1. The Kier molecular flexibility index (Phi) is 5.87. The second kappa shape index (κ2) is 8.76. The van der Waals surface area contributed by atoms with E-state index in [0.29, 0.717) is 0 Å². The number of nitrogens with one attached hydrogen (secondary N) is 1. The average molecular weight is 432 g/mol. The number of hydrogen-bond acceptors (Lipinski definition) is 5. The van der Waals surface area contributed by atoms with E-state index in [0.717, 1.165) is 16.7 Å². The summed E-state index contributed by atoms with van der Waals surface area (Å²) >= 11 is 0. The van der Waals surface area contributed by atoms with Crippen LogP contribution in [0.1, 0.15) is 21.6 Å². The summed E-state index contributed by atoms with van der Waals surface area (Å²) in [7, 11) is 0. The highest BCUT2D eigenvalue weighted by Gasteiger charge is 2.44. The molecule has 0 radical (unpaired) electrons. The molecular formula is C24H24N4O4. The molecule has 3 N–H and O–H groups in total. The van der Waals surface area contributed by atoms with Crippen molar-refractivity contribution < 1.29 is 14.3 Å². The minimum absolute atomic E-state index is 0.00324. The third-order valence-electron chi connectivity index (χ3n) is 5.62. The van der Waals surface area contributed by atoms with E-state index >= 15 is 0 Å². The Labute approximate surface area is 185 Å². The molecule has 2 heterocycles. The Hall–Kier alpha value is -3.78. The van der Waals surface area contributed by atoms with Crippen molar-refractivity contribution in [3.8, 4) is 11.1 Å². The molecule has 1 aromatic heterocycles. The summed E-state index contributed by atoms with van der Waals surface area (Å²) in [6, 6.07) is 18.6. The number of hydrogen-bond donors (Lipinski definition) is 2. The molecule has 8 heteroatoms. The first-order chi connectivity index (χ1) is 15.4. The first-order valence-corrected chi connectivity index (χ1v) is 10.3. The number of rotatable bonds is 5. The van der Waals surface area contributed by atoms with E-state index < -0.39 is 23.0 Å². The predicted molar refractivity (Wildman–Crippen MR) is 119 cm³/mol. The highest BCUT2D eigenvalue weighted by molar-refractivity contribution is 5.93. The highest BCUT2D eigenvalue weighted by Crippen LogP contribution is 2.27. The first kappa shape index (κ1) is 21.5. The molecule has 0 unspecified atom stereocenters. The van der Waals surface area contributed by atoms with Crippen molar-refractivity contribution in [2.45, 2.75) is 18.9 Å². The number of ether oxygens (including phenoxy) is 1. The second-order valence-corrected chi connectivity index (χ2v) is 7.98. The van der Waals surface area contributed by atoms with Crippen LogP contribution in [0.25, 0.3) is 11.1 Å². The average Bonchev–Trinajstić information content (AvgIpc) is 2.80. The zero-order valence-electron chi connectivity index (χ0n) is 17.7. The molecule has 2 aromatic carbocycles. The van der Waals surface area contributed by atoms with Gasteiger partial charge in [0.2, 0.25) is 0 Å². The molecule has 1 atom stereocenters. The third kappa shape index (κ3) is 4.45. The van der Waals surface area contributed by atoms with Crippen molar-refractivity contribution in [3.63, 3.8) is 0 Å². The fourth-order valence-corrected chi connectivity index (χ4v) is 3.86. The maximum Gasteiger partial charge on any atom is 0.274 e. The highest BCUT2D eigenvalue weighted by atomic mass is 16.5.